The molecule has 6 heteroatoms. The summed E-state index contributed by atoms with van der Waals surface area (Å²) in [6.45, 7) is 2.04. The van der Waals surface area contributed by atoms with Crippen molar-refractivity contribution in [2.75, 3.05) is 5.32 Å². The fraction of sp³-hybridized carbons (Fsp3) is 0.238. The van der Waals surface area contributed by atoms with E-state index in [2.05, 4.69) is 5.32 Å². The highest BCUT2D eigenvalue weighted by molar-refractivity contribution is 7.98. The Bertz CT molecular complexity index is 954. The minimum Gasteiger partial charge on any atom is -0.310 e. The summed E-state index contributed by atoms with van der Waals surface area (Å²) in [7, 11) is 0. The molecule has 1 atom stereocenters. The first-order chi connectivity index (χ1) is 13.2. The summed E-state index contributed by atoms with van der Waals surface area (Å²) < 4.78 is 1.83. The van der Waals surface area contributed by atoms with Gasteiger partial charge in [0, 0.05) is 22.1 Å². The van der Waals surface area contributed by atoms with Crippen molar-refractivity contribution in [3.8, 4) is 5.69 Å². The van der Waals surface area contributed by atoms with Crippen LogP contribution in [0.3, 0.4) is 0 Å². The molecule has 0 radical (unpaired) electrons. The minimum atomic E-state index is -0.190. The van der Waals surface area contributed by atoms with E-state index in [0.717, 1.165) is 46.3 Å². The van der Waals surface area contributed by atoms with Crippen LogP contribution in [0.2, 0.25) is 5.02 Å². The maximum absolute atomic E-state index is 13.1. The minimum absolute atomic E-state index is 0.00138. The van der Waals surface area contributed by atoms with Gasteiger partial charge < -0.3 is 5.32 Å². The van der Waals surface area contributed by atoms with Gasteiger partial charge in [0.2, 0.25) is 5.91 Å². The number of nitrogens with one attached hydrogen (secondary N) is 1. The standard InChI is InChI=1S/C21H20ClN3OS/c1-2-17(14-6-4-3-5-7-14)21(26)23-20-18-12-27-13-19(18)24-25(20)16-10-8-15(22)9-11-16/h3-11,17H,2,12-13H2,1H3,(H,23,26)/t17-/m1/s1. The van der Waals surface area contributed by atoms with Gasteiger partial charge in [0.25, 0.3) is 0 Å². The molecule has 2 aromatic carbocycles. The van der Waals surface area contributed by atoms with Crippen molar-refractivity contribution in [3.63, 3.8) is 0 Å². The number of amides is 1. The number of anilines is 1. The van der Waals surface area contributed by atoms with Crippen LogP contribution in [-0.2, 0) is 16.3 Å². The number of hydrogen-bond donors (Lipinski definition) is 1. The highest BCUT2D eigenvalue weighted by Crippen LogP contribution is 2.37. The lowest BCUT2D eigenvalue weighted by molar-refractivity contribution is -0.117. The number of rotatable bonds is 5. The molecule has 1 aromatic heterocycles. The number of carbonyl (C=O) groups excluding carboxylic acids is 1. The van der Waals surface area contributed by atoms with Crippen molar-refractivity contribution in [1.82, 2.24) is 9.78 Å². The maximum Gasteiger partial charge on any atom is 0.233 e. The first kappa shape index (κ1) is 18.1. The summed E-state index contributed by atoms with van der Waals surface area (Å²) in [5.74, 6) is 2.31. The quantitative estimate of drug-likeness (QED) is 0.626. The van der Waals surface area contributed by atoms with Crippen LogP contribution >= 0.6 is 23.4 Å². The number of fused-ring (bicyclic) bond motifs is 1. The van der Waals surface area contributed by atoms with Crippen LogP contribution in [0.25, 0.3) is 5.69 Å². The second-order valence-electron chi connectivity index (χ2n) is 6.52. The molecule has 0 spiro atoms. The molecular weight excluding hydrogens is 378 g/mol. The molecule has 0 bridgehead atoms. The predicted octanol–water partition coefficient (Wildman–Crippen LogP) is 5.40. The molecule has 0 saturated heterocycles. The average Bonchev–Trinajstić information content (AvgIpc) is 3.27. The second-order valence-corrected chi connectivity index (χ2v) is 7.94. The zero-order valence-electron chi connectivity index (χ0n) is 15.0. The van der Waals surface area contributed by atoms with E-state index in [1.54, 1.807) is 0 Å². The van der Waals surface area contributed by atoms with Gasteiger partial charge in [0.05, 0.1) is 17.3 Å². The fourth-order valence-electron chi connectivity index (χ4n) is 3.37. The largest absolute Gasteiger partial charge is 0.310 e. The van der Waals surface area contributed by atoms with E-state index in [-0.39, 0.29) is 11.8 Å². The number of halogens is 1. The van der Waals surface area contributed by atoms with Crippen LogP contribution in [0.4, 0.5) is 5.82 Å². The Balaban J connectivity index is 1.69. The molecule has 3 aromatic rings. The molecule has 0 unspecified atom stereocenters. The molecule has 1 aliphatic heterocycles. The average molecular weight is 398 g/mol. The van der Waals surface area contributed by atoms with E-state index in [4.69, 9.17) is 16.7 Å². The third-order valence-electron chi connectivity index (χ3n) is 4.79. The molecular formula is C21H20ClN3OS. The lowest BCUT2D eigenvalue weighted by atomic mass is 9.95. The third kappa shape index (κ3) is 3.62. The van der Waals surface area contributed by atoms with Crippen LogP contribution in [0.5, 0.6) is 0 Å². The lowest BCUT2D eigenvalue weighted by Gasteiger charge is -2.17. The van der Waals surface area contributed by atoms with Gasteiger partial charge in [0.15, 0.2) is 0 Å². The summed E-state index contributed by atoms with van der Waals surface area (Å²) in [5.41, 5.74) is 4.08. The van der Waals surface area contributed by atoms with Gasteiger partial charge in [-0.2, -0.15) is 16.9 Å². The third-order valence-corrected chi connectivity index (χ3v) is 6.01. The fourth-order valence-corrected chi connectivity index (χ4v) is 4.53. The van der Waals surface area contributed by atoms with Gasteiger partial charge in [-0.25, -0.2) is 4.68 Å². The Hall–Kier alpha value is -2.24. The molecule has 1 N–H and O–H groups in total. The van der Waals surface area contributed by atoms with E-state index in [1.807, 2.05) is 78.0 Å². The first-order valence-electron chi connectivity index (χ1n) is 8.97. The topological polar surface area (TPSA) is 46.9 Å². The van der Waals surface area contributed by atoms with Gasteiger partial charge in [0.1, 0.15) is 5.82 Å². The highest BCUT2D eigenvalue weighted by atomic mass is 35.5. The zero-order valence-corrected chi connectivity index (χ0v) is 16.6. The van der Waals surface area contributed by atoms with Crippen LogP contribution < -0.4 is 5.32 Å². The highest BCUT2D eigenvalue weighted by Gasteiger charge is 2.27. The summed E-state index contributed by atoms with van der Waals surface area (Å²) >= 11 is 7.84. The molecule has 0 fully saturated rings. The molecule has 0 aliphatic carbocycles. The van der Waals surface area contributed by atoms with Crippen molar-refractivity contribution in [1.29, 1.82) is 0 Å². The van der Waals surface area contributed by atoms with Crippen molar-refractivity contribution in [3.05, 3.63) is 76.4 Å². The molecule has 1 amide bonds. The first-order valence-corrected chi connectivity index (χ1v) is 10.5. The van der Waals surface area contributed by atoms with Crippen molar-refractivity contribution >= 4 is 35.1 Å². The van der Waals surface area contributed by atoms with Gasteiger partial charge >= 0.3 is 0 Å². The monoisotopic (exact) mass is 397 g/mol. The van der Waals surface area contributed by atoms with Crippen molar-refractivity contribution < 1.29 is 4.79 Å². The van der Waals surface area contributed by atoms with Crippen molar-refractivity contribution in [2.24, 2.45) is 0 Å². The van der Waals surface area contributed by atoms with Gasteiger partial charge in [-0.05, 0) is 36.2 Å². The van der Waals surface area contributed by atoms with Crippen LogP contribution in [-0.4, -0.2) is 15.7 Å². The lowest BCUT2D eigenvalue weighted by Crippen LogP contribution is -2.23. The van der Waals surface area contributed by atoms with Crippen LogP contribution in [0, 0.1) is 0 Å². The SMILES string of the molecule is CC[C@@H](C(=O)Nc1c2c(nn1-c1ccc(Cl)cc1)CSC2)c1ccccc1. The van der Waals surface area contributed by atoms with Crippen molar-refractivity contribution in [2.45, 2.75) is 30.8 Å². The normalized spacial score (nSPS) is 14.0. The van der Waals surface area contributed by atoms with Gasteiger partial charge in [-0.3, -0.25) is 4.79 Å². The molecule has 0 saturated carbocycles. The summed E-state index contributed by atoms with van der Waals surface area (Å²) in [6, 6.07) is 17.4. The molecule has 1 aliphatic rings. The molecule has 138 valence electrons. The Morgan fingerprint density at radius 3 is 2.63 bits per heavy atom. The summed E-state index contributed by atoms with van der Waals surface area (Å²) in [4.78, 5) is 13.1. The number of carbonyl (C=O) groups is 1. The smallest absolute Gasteiger partial charge is 0.233 e. The molecule has 2 heterocycles. The Morgan fingerprint density at radius 2 is 1.93 bits per heavy atom. The van der Waals surface area contributed by atoms with E-state index in [9.17, 15) is 4.79 Å². The summed E-state index contributed by atoms with van der Waals surface area (Å²) in [6.07, 6.45) is 0.738. The Morgan fingerprint density at radius 1 is 1.19 bits per heavy atom. The van der Waals surface area contributed by atoms with E-state index in [1.165, 1.54) is 0 Å². The Kier molecular flexibility index (Phi) is 5.23. The molecule has 4 nitrogen and oxygen atoms in total. The van der Waals surface area contributed by atoms with E-state index in [0.29, 0.717) is 5.02 Å². The maximum atomic E-state index is 13.1. The zero-order chi connectivity index (χ0) is 18.8. The molecule has 27 heavy (non-hydrogen) atoms. The number of thioether (sulfide) groups is 1. The van der Waals surface area contributed by atoms with E-state index < -0.39 is 0 Å². The Labute approximate surface area is 167 Å². The number of aromatic nitrogens is 2. The van der Waals surface area contributed by atoms with Crippen LogP contribution in [0.15, 0.2) is 54.6 Å². The van der Waals surface area contributed by atoms with E-state index >= 15 is 0 Å². The number of hydrogen-bond acceptors (Lipinski definition) is 3. The van der Waals surface area contributed by atoms with Gasteiger partial charge in [-0.15, -0.1) is 0 Å². The van der Waals surface area contributed by atoms with Crippen LogP contribution in [0.1, 0.15) is 36.1 Å². The molecule has 4 rings (SSSR count). The number of benzene rings is 2. The van der Waals surface area contributed by atoms with Gasteiger partial charge in [-0.1, -0.05) is 48.9 Å². The number of nitrogens with zero attached hydrogens (tertiary/aromatic N) is 2. The predicted molar refractivity (Wildman–Crippen MR) is 112 cm³/mol. The second kappa shape index (κ2) is 7.79. The summed E-state index contributed by atoms with van der Waals surface area (Å²) in [5, 5.41) is 8.58.